The van der Waals surface area contributed by atoms with Gasteiger partial charge in [0.05, 0.1) is 31.5 Å². The molecule has 262 valence electrons. The first kappa shape index (κ1) is 32.5. The fourth-order valence-electron chi connectivity index (χ4n) is 6.60. The molecule has 22 heteroatoms. The van der Waals surface area contributed by atoms with Gasteiger partial charge in [0.2, 0.25) is 0 Å². The highest BCUT2D eigenvalue weighted by atomic mass is 32.7. The number of thiol groups is 1. The number of carbonyl (C=O) groups is 1. The van der Waals surface area contributed by atoms with Gasteiger partial charge in [0.25, 0.3) is 5.56 Å². The number of aliphatic hydroxyl groups is 2. The van der Waals surface area contributed by atoms with E-state index in [1.807, 2.05) is 0 Å². The molecule has 4 aliphatic heterocycles. The SMILES string of the molecule is O=C1OC[C@H]2O[C@@H](n3cc4c5c(ncnc53)NCCC4)[C@H](F)[C@@H]2O[P@](=O)(S)OC[C@H]2O[C@@H](n3cnc4c(=O)n(CCO)cnc43)[C@H](O1)[C@@H]2O. The Morgan fingerprint density at radius 2 is 1.88 bits per heavy atom. The molecule has 0 amide bonds. The second kappa shape index (κ2) is 12.6. The minimum Gasteiger partial charge on any atom is -0.431 e. The summed E-state index contributed by atoms with van der Waals surface area (Å²) in [6, 6.07) is 0. The summed E-state index contributed by atoms with van der Waals surface area (Å²) in [5.74, 6) is 0.610. The smallest absolute Gasteiger partial charge is 0.431 e. The molecule has 3 saturated heterocycles. The summed E-state index contributed by atoms with van der Waals surface area (Å²) in [5, 5.41) is 24.3. The first-order valence-electron chi connectivity index (χ1n) is 15.4. The van der Waals surface area contributed by atoms with Crippen LogP contribution < -0.4 is 10.9 Å². The average molecular weight is 725 g/mol. The summed E-state index contributed by atoms with van der Waals surface area (Å²) in [6.07, 6.45) is -6.07. The topological polar surface area (TPSA) is 225 Å². The van der Waals surface area contributed by atoms with Crippen LogP contribution in [-0.2, 0) is 45.5 Å². The number of hydrogen-bond acceptors (Lipinski definition) is 16. The lowest BCUT2D eigenvalue weighted by Gasteiger charge is -2.24. The Morgan fingerprint density at radius 1 is 1.04 bits per heavy atom. The van der Waals surface area contributed by atoms with E-state index in [9.17, 15) is 24.4 Å². The number of aliphatic hydroxyl groups excluding tert-OH is 2. The Hall–Kier alpha value is -3.69. The molecule has 0 saturated carbocycles. The molecule has 8 rings (SSSR count). The van der Waals surface area contributed by atoms with Crippen LogP contribution in [0.5, 0.6) is 0 Å². The molecular weight excluding hydrogens is 694 g/mol. The molecule has 4 aromatic heterocycles. The van der Waals surface area contributed by atoms with Crippen LogP contribution >= 0.6 is 19.0 Å². The van der Waals surface area contributed by atoms with Crippen LogP contribution in [0.15, 0.2) is 30.0 Å². The largest absolute Gasteiger partial charge is 0.508 e. The monoisotopic (exact) mass is 724 g/mol. The fraction of sp³-hybridized carbons (Fsp3) is 0.556. The van der Waals surface area contributed by atoms with Crippen LogP contribution in [-0.4, -0.2) is 113 Å². The predicted molar refractivity (Wildman–Crippen MR) is 166 cm³/mol. The minimum absolute atomic E-state index is 0.0125. The molecular formula is C27H30FN8O11PS. The number of cyclic esters (lactones) is 1. The number of aromatic nitrogens is 7. The molecule has 0 aromatic carbocycles. The van der Waals surface area contributed by atoms with Gasteiger partial charge in [-0.15, -0.1) is 0 Å². The minimum atomic E-state index is -4.38. The molecule has 4 aromatic rings. The summed E-state index contributed by atoms with van der Waals surface area (Å²) in [7, 11) is 0. The van der Waals surface area contributed by atoms with E-state index in [1.54, 1.807) is 6.20 Å². The number of aryl methyl sites for hydroxylation is 1. The van der Waals surface area contributed by atoms with E-state index in [0.29, 0.717) is 24.4 Å². The van der Waals surface area contributed by atoms with E-state index in [-0.39, 0.29) is 24.3 Å². The molecule has 8 heterocycles. The van der Waals surface area contributed by atoms with Crippen molar-refractivity contribution in [1.29, 1.82) is 0 Å². The number of carbonyl (C=O) groups excluding carboxylic acids is 1. The number of anilines is 1. The van der Waals surface area contributed by atoms with Gasteiger partial charge < -0.3 is 39.0 Å². The van der Waals surface area contributed by atoms with Crippen molar-refractivity contribution in [2.75, 3.05) is 31.7 Å². The Kier molecular flexibility index (Phi) is 8.34. The lowest BCUT2D eigenvalue weighted by molar-refractivity contribution is -0.0831. The zero-order valence-corrected chi connectivity index (χ0v) is 27.1. The van der Waals surface area contributed by atoms with Crippen LogP contribution in [0.1, 0.15) is 24.4 Å². The first-order chi connectivity index (χ1) is 23.6. The Labute approximate surface area is 279 Å². The maximum absolute atomic E-state index is 16.3. The van der Waals surface area contributed by atoms with Gasteiger partial charge in [0, 0.05) is 12.7 Å². The molecule has 0 radical (unpaired) electrons. The molecule has 0 spiro atoms. The fourth-order valence-corrected chi connectivity index (χ4v) is 8.08. The average Bonchev–Trinajstić information content (AvgIpc) is 3.78. The standard InChI is InChI=1S/C27H30FN8O11PS/c28-16-19-14(45-25(16)35-6-12-2-1-3-29-21-15(12)22(35)31-9-30-21)7-42-27(40)46-20-18(38)13(8-43-48(41,49)47-19)44-26(20)36-11-32-17-23(36)33-10-34(4-5-37)24(17)39/h6,9-11,13-14,16,18-20,25-26,37-38H,1-5,7-8H2,(H,41,49)(H,29,30,31)/t13-,14-,16-,18-,19-,20-,25-,26-,48-/m1/s1. The van der Waals surface area contributed by atoms with Gasteiger partial charge in [-0.05, 0) is 18.4 Å². The van der Waals surface area contributed by atoms with E-state index in [4.69, 9.17) is 28.0 Å². The summed E-state index contributed by atoms with van der Waals surface area (Å²) in [4.78, 5) is 42.9. The van der Waals surface area contributed by atoms with Gasteiger partial charge in [-0.3, -0.25) is 23.0 Å². The van der Waals surface area contributed by atoms with Gasteiger partial charge in [0.1, 0.15) is 55.1 Å². The lowest BCUT2D eigenvalue weighted by Crippen LogP contribution is -2.38. The number of alkyl halides is 1. The van der Waals surface area contributed by atoms with E-state index < -0.39 is 80.9 Å². The molecule has 3 fully saturated rings. The van der Waals surface area contributed by atoms with Crippen molar-refractivity contribution in [2.45, 2.75) is 68.5 Å². The van der Waals surface area contributed by atoms with E-state index in [2.05, 4.69) is 37.5 Å². The summed E-state index contributed by atoms with van der Waals surface area (Å²) in [5.41, 5.74) is 0.709. The number of rotatable bonds is 4. The van der Waals surface area contributed by atoms with Gasteiger partial charge in [0.15, 0.2) is 35.9 Å². The predicted octanol–water partition coefficient (Wildman–Crippen LogP) is 0.857. The van der Waals surface area contributed by atoms with Gasteiger partial charge in [-0.2, -0.15) is 0 Å². The van der Waals surface area contributed by atoms with Crippen molar-refractivity contribution in [1.82, 2.24) is 33.6 Å². The van der Waals surface area contributed by atoms with Crippen LogP contribution in [0.3, 0.4) is 0 Å². The van der Waals surface area contributed by atoms with Crippen molar-refractivity contribution in [3.8, 4) is 0 Å². The molecule has 3 N–H and O–H groups in total. The van der Waals surface area contributed by atoms with E-state index in [1.165, 1.54) is 28.1 Å². The maximum atomic E-state index is 16.3. The Morgan fingerprint density at radius 3 is 2.71 bits per heavy atom. The zero-order valence-electron chi connectivity index (χ0n) is 25.3. The molecule has 0 aliphatic carbocycles. The van der Waals surface area contributed by atoms with Crippen LogP contribution in [0.4, 0.5) is 15.0 Å². The van der Waals surface area contributed by atoms with Crippen LogP contribution in [0, 0.1) is 0 Å². The van der Waals surface area contributed by atoms with E-state index >= 15 is 4.39 Å². The van der Waals surface area contributed by atoms with Crippen LogP contribution in [0.2, 0.25) is 0 Å². The second-order valence-corrected chi connectivity index (χ2v) is 14.7. The maximum Gasteiger partial charge on any atom is 0.508 e. The molecule has 0 unspecified atom stereocenters. The van der Waals surface area contributed by atoms with Crippen molar-refractivity contribution in [3.63, 3.8) is 0 Å². The van der Waals surface area contributed by atoms with E-state index in [0.717, 1.165) is 21.9 Å². The summed E-state index contributed by atoms with van der Waals surface area (Å²) < 4.78 is 67.7. The molecule has 19 nitrogen and oxygen atoms in total. The van der Waals surface area contributed by atoms with Crippen molar-refractivity contribution in [3.05, 3.63) is 41.1 Å². The van der Waals surface area contributed by atoms with Crippen molar-refractivity contribution < 1.29 is 52.0 Å². The summed E-state index contributed by atoms with van der Waals surface area (Å²) in [6.45, 7) is -5.19. The summed E-state index contributed by atoms with van der Waals surface area (Å²) >= 11 is 4.06. The van der Waals surface area contributed by atoms with Gasteiger partial charge >= 0.3 is 13.0 Å². The van der Waals surface area contributed by atoms with Gasteiger partial charge in [-0.1, -0.05) is 12.2 Å². The number of imidazole rings is 1. The van der Waals surface area contributed by atoms with Crippen LogP contribution in [0.25, 0.3) is 22.2 Å². The quantitative estimate of drug-likeness (QED) is 0.130. The first-order valence-corrected chi connectivity index (χ1v) is 18.1. The third-order valence-electron chi connectivity index (χ3n) is 8.88. The van der Waals surface area contributed by atoms with Crippen molar-refractivity contribution in [2.24, 2.45) is 0 Å². The lowest BCUT2D eigenvalue weighted by atomic mass is 10.1. The number of fused-ring (bicyclic) bond motifs is 4. The number of nitrogens with one attached hydrogen (secondary N) is 1. The molecule has 49 heavy (non-hydrogen) atoms. The second-order valence-electron chi connectivity index (χ2n) is 11.8. The third kappa shape index (κ3) is 5.67. The Balaban J connectivity index is 1.08. The van der Waals surface area contributed by atoms with Gasteiger partial charge in [-0.25, -0.2) is 33.7 Å². The highest BCUT2D eigenvalue weighted by molar-refractivity contribution is 8.44. The third-order valence-corrected chi connectivity index (χ3v) is 10.5. The molecule has 2 bridgehead atoms. The highest BCUT2D eigenvalue weighted by Crippen LogP contribution is 2.57. The normalized spacial score (nSPS) is 33.5. The number of nitrogens with zero attached hydrogens (tertiary/aromatic N) is 7. The van der Waals surface area contributed by atoms with Crippen molar-refractivity contribution >= 4 is 53.2 Å². The molecule has 4 aliphatic rings. The number of hydrogen-bond donors (Lipinski definition) is 4. The highest BCUT2D eigenvalue weighted by Gasteiger charge is 2.53. The molecule has 9 atom stereocenters. The zero-order chi connectivity index (χ0) is 34.0. The number of ether oxygens (including phenoxy) is 4. The number of halogens is 1. The Bertz CT molecular complexity index is 2030.